The smallest absolute Gasteiger partial charge is 0.133 e. The van der Waals surface area contributed by atoms with Gasteiger partial charge < -0.3 is 10.2 Å². The van der Waals surface area contributed by atoms with Crippen molar-refractivity contribution < 1.29 is 0 Å². The number of aromatic nitrogens is 1. The van der Waals surface area contributed by atoms with Crippen molar-refractivity contribution in [2.24, 2.45) is 0 Å². The van der Waals surface area contributed by atoms with Gasteiger partial charge in [-0.2, -0.15) is 0 Å². The fraction of sp³-hybridized carbons (Fsp3) is 0.688. The maximum atomic E-state index is 4.66. The predicted octanol–water partition coefficient (Wildman–Crippen LogP) is 2.04. The second-order valence-corrected chi connectivity index (χ2v) is 5.95. The average Bonchev–Trinajstić information content (AvgIpc) is 3.32. The first kappa shape index (κ1) is 13.8. The minimum Gasteiger partial charge on any atom is -0.354 e. The SMILES string of the molecule is CCNC(C)c1cccnc1N1CCN(C2CC2)CC1. The van der Waals surface area contributed by atoms with Crippen molar-refractivity contribution in [1.82, 2.24) is 15.2 Å². The van der Waals surface area contributed by atoms with E-state index in [-0.39, 0.29) is 0 Å². The van der Waals surface area contributed by atoms with Crippen LogP contribution in [0.4, 0.5) is 5.82 Å². The average molecular weight is 274 g/mol. The Labute approximate surface area is 122 Å². The van der Waals surface area contributed by atoms with E-state index in [1.54, 1.807) is 0 Å². The van der Waals surface area contributed by atoms with Crippen LogP contribution in [0.2, 0.25) is 0 Å². The predicted molar refractivity (Wildman–Crippen MR) is 83.1 cm³/mol. The van der Waals surface area contributed by atoms with Crippen LogP contribution in [-0.2, 0) is 0 Å². The molecule has 1 aliphatic carbocycles. The van der Waals surface area contributed by atoms with E-state index in [9.17, 15) is 0 Å². The molecule has 1 N–H and O–H groups in total. The van der Waals surface area contributed by atoms with Gasteiger partial charge in [0.05, 0.1) is 0 Å². The molecule has 0 aromatic carbocycles. The molecular formula is C16H26N4. The Morgan fingerprint density at radius 3 is 2.70 bits per heavy atom. The molecule has 1 saturated carbocycles. The molecule has 2 aliphatic rings. The third kappa shape index (κ3) is 2.96. The van der Waals surface area contributed by atoms with Crippen LogP contribution in [0.25, 0.3) is 0 Å². The summed E-state index contributed by atoms with van der Waals surface area (Å²) in [5.74, 6) is 1.18. The molecule has 0 bridgehead atoms. The molecule has 0 amide bonds. The molecule has 1 aliphatic heterocycles. The Hall–Kier alpha value is -1.13. The van der Waals surface area contributed by atoms with Gasteiger partial charge in [0, 0.05) is 50.0 Å². The number of rotatable bonds is 5. The summed E-state index contributed by atoms with van der Waals surface area (Å²) >= 11 is 0. The van der Waals surface area contributed by atoms with Crippen molar-refractivity contribution in [3.63, 3.8) is 0 Å². The quantitative estimate of drug-likeness (QED) is 0.890. The molecule has 0 spiro atoms. The number of piperazine rings is 1. The van der Waals surface area contributed by atoms with Crippen LogP contribution in [0.5, 0.6) is 0 Å². The molecule has 4 nitrogen and oxygen atoms in total. The van der Waals surface area contributed by atoms with Crippen LogP contribution in [-0.4, -0.2) is 48.6 Å². The van der Waals surface area contributed by atoms with Crippen LogP contribution in [0, 0.1) is 0 Å². The maximum Gasteiger partial charge on any atom is 0.133 e. The van der Waals surface area contributed by atoms with Gasteiger partial charge in [0.1, 0.15) is 5.82 Å². The Morgan fingerprint density at radius 1 is 1.30 bits per heavy atom. The van der Waals surface area contributed by atoms with E-state index in [4.69, 9.17) is 0 Å². The highest BCUT2D eigenvalue weighted by atomic mass is 15.3. The Kier molecular flexibility index (Phi) is 4.22. The molecule has 3 rings (SSSR count). The molecule has 2 fully saturated rings. The molecule has 1 aromatic heterocycles. The lowest BCUT2D eigenvalue weighted by molar-refractivity contribution is 0.247. The van der Waals surface area contributed by atoms with Crippen LogP contribution in [0.15, 0.2) is 18.3 Å². The molecule has 1 saturated heterocycles. The van der Waals surface area contributed by atoms with E-state index >= 15 is 0 Å². The number of pyridine rings is 1. The van der Waals surface area contributed by atoms with Crippen molar-refractivity contribution in [3.05, 3.63) is 23.9 Å². The molecule has 1 aromatic rings. The van der Waals surface area contributed by atoms with Gasteiger partial charge in [0.2, 0.25) is 0 Å². The Bertz CT molecular complexity index is 436. The molecule has 20 heavy (non-hydrogen) atoms. The minimum atomic E-state index is 0.366. The normalized spacial score (nSPS) is 22.0. The zero-order valence-electron chi connectivity index (χ0n) is 12.7. The van der Waals surface area contributed by atoms with E-state index in [2.05, 4.69) is 40.0 Å². The maximum absolute atomic E-state index is 4.66. The second kappa shape index (κ2) is 6.10. The minimum absolute atomic E-state index is 0.366. The third-order valence-corrected chi connectivity index (χ3v) is 4.47. The van der Waals surface area contributed by atoms with Crippen molar-refractivity contribution in [2.45, 2.75) is 38.8 Å². The molecular weight excluding hydrogens is 248 g/mol. The number of hydrogen-bond donors (Lipinski definition) is 1. The number of hydrogen-bond acceptors (Lipinski definition) is 4. The van der Waals surface area contributed by atoms with Gasteiger partial charge in [-0.15, -0.1) is 0 Å². The molecule has 0 radical (unpaired) electrons. The van der Waals surface area contributed by atoms with Crippen LogP contribution >= 0.6 is 0 Å². The Balaban J connectivity index is 1.70. The summed E-state index contributed by atoms with van der Waals surface area (Å²) in [6, 6.07) is 5.52. The largest absolute Gasteiger partial charge is 0.354 e. The van der Waals surface area contributed by atoms with Gasteiger partial charge in [-0.05, 0) is 32.4 Å². The first-order chi connectivity index (χ1) is 9.79. The molecule has 1 unspecified atom stereocenters. The molecule has 1 atom stereocenters. The summed E-state index contributed by atoms with van der Waals surface area (Å²) in [6.07, 6.45) is 4.74. The van der Waals surface area contributed by atoms with E-state index in [1.807, 2.05) is 12.3 Å². The summed E-state index contributed by atoms with van der Waals surface area (Å²) in [6.45, 7) is 9.97. The van der Waals surface area contributed by atoms with Crippen LogP contribution < -0.4 is 10.2 Å². The Morgan fingerprint density at radius 2 is 2.05 bits per heavy atom. The lowest BCUT2D eigenvalue weighted by Crippen LogP contribution is -2.48. The van der Waals surface area contributed by atoms with Crippen LogP contribution in [0.3, 0.4) is 0 Å². The number of nitrogens with one attached hydrogen (secondary N) is 1. The second-order valence-electron chi connectivity index (χ2n) is 5.95. The van der Waals surface area contributed by atoms with Gasteiger partial charge in [-0.3, -0.25) is 4.90 Å². The lowest BCUT2D eigenvalue weighted by Gasteiger charge is -2.36. The summed E-state index contributed by atoms with van der Waals surface area (Å²) in [5.41, 5.74) is 1.33. The van der Waals surface area contributed by atoms with Gasteiger partial charge >= 0.3 is 0 Å². The third-order valence-electron chi connectivity index (χ3n) is 4.47. The van der Waals surface area contributed by atoms with Crippen molar-refractivity contribution in [3.8, 4) is 0 Å². The zero-order chi connectivity index (χ0) is 13.9. The van der Waals surface area contributed by atoms with Gasteiger partial charge in [-0.1, -0.05) is 13.0 Å². The molecule has 4 heteroatoms. The van der Waals surface area contributed by atoms with E-state index in [0.717, 1.165) is 25.7 Å². The van der Waals surface area contributed by atoms with Crippen molar-refractivity contribution in [1.29, 1.82) is 0 Å². The van der Waals surface area contributed by atoms with Gasteiger partial charge in [0.15, 0.2) is 0 Å². The highest BCUT2D eigenvalue weighted by Gasteiger charge is 2.31. The monoisotopic (exact) mass is 274 g/mol. The highest BCUT2D eigenvalue weighted by Crippen LogP contribution is 2.29. The first-order valence-corrected chi connectivity index (χ1v) is 7.97. The van der Waals surface area contributed by atoms with Gasteiger partial charge in [0.25, 0.3) is 0 Å². The zero-order valence-corrected chi connectivity index (χ0v) is 12.7. The topological polar surface area (TPSA) is 31.4 Å². The standard InChI is InChI=1S/C16H26N4/c1-3-17-13(2)15-5-4-8-18-16(15)20-11-9-19(10-12-20)14-6-7-14/h4-5,8,13-14,17H,3,6-7,9-12H2,1-2H3. The van der Waals surface area contributed by atoms with Crippen LogP contribution in [0.1, 0.15) is 38.3 Å². The highest BCUT2D eigenvalue weighted by molar-refractivity contribution is 5.48. The van der Waals surface area contributed by atoms with E-state index < -0.39 is 0 Å². The molecule has 2 heterocycles. The fourth-order valence-electron chi connectivity index (χ4n) is 3.17. The van der Waals surface area contributed by atoms with Crippen molar-refractivity contribution >= 4 is 5.82 Å². The summed E-state index contributed by atoms with van der Waals surface area (Å²) in [7, 11) is 0. The summed E-state index contributed by atoms with van der Waals surface area (Å²) in [5, 5.41) is 3.50. The summed E-state index contributed by atoms with van der Waals surface area (Å²) in [4.78, 5) is 9.76. The lowest BCUT2D eigenvalue weighted by atomic mass is 10.1. The number of nitrogens with zero attached hydrogens (tertiary/aromatic N) is 3. The fourth-order valence-corrected chi connectivity index (χ4v) is 3.17. The van der Waals surface area contributed by atoms with Gasteiger partial charge in [-0.25, -0.2) is 4.98 Å². The van der Waals surface area contributed by atoms with E-state index in [1.165, 1.54) is 37.3 Å². The number of anilines is 1. The molecule has 110 valence electrons. The van der Waals surface area contributed by atoms with Crippen molar-refractivity contribution in [2.75, 3.05) is 37.6 Å². The van der Waals surface area contributed by atoms with E-state index in [0.29, 0.717) is 6.04 Å². The summed E-state index contributed by atoms with van der Waals surface area (Å²) < 4.78 is 0. The first-order valence-electron chi connectivity index (χ1n) is 7.97.